The maximum Gasteiger partial charge on any atom is 0.303 e. The lowest BCUT2D eigenvalue weighted by atomic mass is 9.97. The molecule has 2 rings (SSSR count). The summed E-state index contributed by atoms with van der Waals surface area (Å²) in [6.45, 7) is 3.35. The zero-order chi connectivity index (χ0) is 13.8. The molecule has 1 fully saturated rings. The monoisotopic (exact) mass is 262 g/mol. The Balaban J connectivity index is 1.93. The highest BCUT2D eigenvalue weighted by Crippen LogP contribution is 2.21. The number of amides is 1. The highest BCUT2D eigenvalue weighted by atomic mass is 16.4. The lowest BCUT2D eigenvalue weighted by molar-refractivity contribution is -0.137. The first-order chi connectivity index (χ1) is 9.06. The van der Waals surface area contributed by atoms with Gasteiger partial charge in [0.1, 0.15) is 0 Å². The Hall–Kier alpha value is -1.88. The second kappa shape index (κ2) is 5.84. The normalized spacial score (nSPS) is 16.5. The number of hydrogen-bond donors (Lipinski definition) is 3. The van der Waals surface area contributed by atoms with Crippen LogP contribution in [0.25, 0.3) is 0 Å². The second-order valence-corrected chi connectivity index (χ2v) is 4.97. The number of benzene rings is 1. The van der Waals surface area contributed by atoms with Gasteiger partial charge in [0, 0.05) is 18.8 Å². The maximum absolute atomic E-state index is 11.7. The van der Waals surface area contributed by atoms with Crippen LogP contribution in [0, 0.1) is 5.92 Å². The number of aliphatic carboxylic acids is 1. The Bertz CT molecular complexity index is 466. The van der Waals surface area contributed by atoms with Crippen LogP contribution in [0.2, 0.25) is 0 Å². The predicted molar refractivity (Wildman–Crippen MR) is 72.1 cm³/mol. The zero-order valence-electron chi connectivity index (χ0n) is 10.8. The van der Waals surface area contributed by atoms with Gasteiger partial charge in [-0.2, -0.15) is 0 Å². The van der Waals surface area contributed by atoms with Crippen LogP contribution in [-0.4, -0.2) is 30.1 Å². The van der Waals surface area contributed by atoms with Crippen molar-refractivity contribution in [2.24, 2.45) is 5.92 Å². The molecule has 1 aliphatic heterocycles. The summed E-state index contributed by atoms with van der Waals surface area (Å²) in [4.78, 5) is 22.4. The number of carboxylic acids is 1. The van der Waals surface area contributed by atoms with E-state index >= 15 is 0 Å². The fourth-order valence-electron chi connectivity index (χ4n) is 1.99. The minimum absolute atomic E-state index is 0.0296. The summed E-state index contributed by atoms with van der Waals surface area (Å²) in [5.41, 5.74) is 1.72. The molecule has 102 valence electrons. The van der Waals surface area contributed by atoms with E-state index in [2.05, 4.69) is 10.6 Å². The lowest BCUT2D eigenvalue weighted by Gasteiger charge is -2.25. The standard InChI is InChI=1S/C14H18N2O3/c1-9(6-13(17)18)10-2-4-12(5-3-10)16-14(19)11-7-15-8-11/h2-5,9,11,15H,6-8H2,1H3,(H,16,19)(H,17,18). The number of anilines is 1. The number of carbonyl (C=O) groups is 2. The molecular formula is C14H18N2O3. The van der Waals surface area contributed by atoms with Gasteiger partial charge in [-0.1, -0.05) is 19.1 Å². The molecule has 0 radical (unpaired) electrons. The quantitative estimate of drug-likeness (QED) is 0.750. The first-order valence-electron chi connectivity index (χ1n) is 6.39. The van der Waals surface area contributed by atoms with E-state index in [1.165, 1.54) is 0 Å². The van der Waals surface area contributed by atoms with Crippen molar-refractivity contribution in [3.63, 3.8) is 0 Å². The molecular weight excluding hydrogens is 244 g/mol. The van der Waals surface area contributed by atoms with E-state index in [1.54, 1.807) is 0 Å². The van der Waals surface area contributed by atoms with Gasteiger partial charge in [0.05, 0.1) is 12.3 Å². The fourth-order valence-corrected chi connectivity index (χ4v) is 1.99. The van der Waals surface area contributed by atoms with E-state index in [0.29, 0.717) is 0 Å². The molecule has 1 atom stereocenters. The number of carboxylic acid groups (broad SMARTS) is 1. The van der Waals surface area contributed by atoms with Gasteiger partial charge in [-0.05, 0) is 23.6 Å². The van der Waals surface area contributed by atoms with E-state index in [4.69, 9.17) is 5.11 Å². The first-order valence-corrected chi connectivity index (χ1v) is 6.39. The SMILES string of the molecule is CC(CC(=O)O)c1ccc(NC(=O)C2CNC2)cc1. The summed E-state index contributed by atoms with van der Waals surface area (Å²) in [6, 6.07) is 7.36. The van der Waals surface area contributed by atoms with Crippen LogP contribution >= 0.6 is 0 Å². The van der Waals surface area contributed by atoms with Crippen molar-refractivity contribution >= 4 is 17.6 Å². The number of hydrogen-bond acceptors (Lipinski definition) is 3. The van der Waals surface area contributed by atoms with Gasteiger partial charge >= 0.3 is 5.97 Å². The average Bonchev–Trinajstić information content (AvgIpc) is 2.26. The fraction of sp³-hybridized carbons (Fsp3) is 0.429. The van der Waals surface area contributed by atoms with E-state index in [-0.39, 0.29) is 24.2 Å². The summed E-state index contributed by atoms with van der Waals surface area (Å²) in [6.07, 6.45) is 0.111. The lowest BCUT2D eigenvalue weighted by Crippen LogP contribution is -2.48. The minimum Gasteiger partial charge on any atom is -0.481 e. The number of rotatable bonds is 5. The van der Waals surface area contributed by atoms with Crippen LogP contribution in [0.3, 0.4) is 0 Å². The summed E-state index contributed by atoms with van der Waals surface area (Å²) in [5.74, 6) is -0.740. The summed E-state index contributed by atoms with van der Waals surface area (Å²) in [7, 11) is 0. The zero-order valence-corrected chi connectivity index (χ0v) is 10.8. The molecule has 1 aliphatic rings. The van der Waals surface area contributed by atoms with Crippen molar-refractivity contribution < 1.29 is 14.7 Å². The average molecular weight is 262 g/mol. The molecule has 1 heterocycles. The molecule has 19 heavy (non-hydrogen) atoms. The van der Waals surface area contributed by atoms with Gasteiger partial charge in [-0.15, -0.1) is 0 Å². The molecule has 0 saturated carbocycles. The van der Waals surface area contributed by atoms with Crippen LogP contribution in [0.5, 0.6) is 0 Å². The molecule has 0 spiro atoms. The van der Waals surface area contributed by atoms with Crippen molar-refractivity contribution in [1.29, 1.82) is 0 Å². The molecule has 1 saturated heterocycles. The van der Waals surface area contributed by atoms with Gasteiger partial charge < -0.3 is 15.7 Å². The van der Waals surface area contributed by atoms with Crippen LogP contribution in [0.15, 0.2) is 24.3 Å². The van der Waals surface area contributed by atoms with Gasteiger partial charge in [-0.25, -0.2) is 0 Å². The van der Waals surface area contributed by atoms with Crippen molar-refractivity contribution in [2.45, 2.75) is 19.3 Å². The maximum atomic E-state index is 11.7. The van der Waals surface area contributed by atoms with E-state index in [9.17, 15) is 9.59 Å². The molecule has 0 aromatic heterocycles. The number of nitrogens with one attached hydrogen (secondary N) is 2. The highest BCUT2D eigenvalue weighted by Gasteiger charge is 2.24. The van der Waals surface area contributed by atoms with Gasteiger partial charge in [0.25, 0.3) is 0 Å². The molecule has 0 bridgehead atoms. The third-order valence-electron chi connectivity index (χ3n) is 3.38. The Morgan fingerprint density at radius 1 is 1.37 bits per heavy atom. The largest absolute Gasteiger partial charge is 0.481 e. The van der Waals surface area contributed by atoms with Gasteiger partial charge in [0.15, 0.2) is 0 Å². The first kappa shape index (κ1) is 13.5. The van der Waals surface area contributed by atoms with Crippen molar-refractivity contribution in [3.8, 4) is 0 Å². The van der Waals surface area contributed by atoms with Gasteiger partial charge in [0.2, 0.25) is 5.91 Å². The molecule has 1 aromatic rings. The molecule has 3 N–H and O–H groups in total. The molecule has 1 amide bonds. The van der Waals surface area contributed by atoms with Crippen LogP contribution < -0.4 is 10.6 Å². The van der Waals surface area contributed by atoms with E-state index in [1.807, 2.05) is 31.2 Å². The third-order valence-corrected chi connectivity index (χ3v) is 3.38. The Morgan fingerprint density at radius 2 is 2.00 bits per heavy atom. The van der Waals surface area contributed by atoms with Crippen LogP contribution in [0.4, 0.5) is 5.69 Å². The molecule has 5 heteroatoms. The Kier molecular flexibility index (Phi) is 4.16. The highest BCUT2D eigenvalue weighted by molar-refractivity contribution is 5.93. The van der Waals surface area contributed by atoms with Crippen LogP contribution in [-0.2, 0) is 9.59 Å². The van der Waals surface area contributed by atoms with Crippen molar-refractivity contribution in [1.82, 2.24) is 5.32 Å². The van der Waals surface area contributed by atoms with Crippen LogP contribution in [0.1, 0.15) is 24.8 Å². The van der Waals surface area contributed by atoms with E-state index in [0.717, 1.165) is 24.3 Å². The van der Waals surface area contributed by atoms with Gasteiger partial charge in [-0.3, -0.25) is 9.59 Å². The molecule has 0 aliphatic carbocycles. The molecule has 5 nitrogen and oxygen atoms in total. The minimum atomic E-state index is -0.803. The third kappa shape index (κ3) is 3.54. The Labute approximate surface area is 112 Å². The molecule has 1 aromatic carbocycles. The molecule has 1 unspecified atom stereocenters. The number of carbonyl (C=O) groups excluding carboxylic acids is 1. The summed E-state index contributed by atoms with van der Waals surface area (Å²) >= 11 is 0. The van der Waals surface area contributed by atoms with Crippen molar-refractivity contribution in [2.75, 3.05) is 18.4 Å². The second-order valence-electron chi connectivity index (χ2n) is 4.97. The Morgan fingerprint density at radius 3 is 2.47 bits per heavy atom. The summed E-state index contributed by atoms with van der Waals surface area (Å²) < 4.78 is 0. The topological polar surface area (TPSA) is 78.4 Å². The van der Waals surface area contributed by atoms with E-state index < -0.39 is 5.97 Å². The van der Waals surface area contributed by atoms with Crippen molar-refractivity contribution in [3.05, 3.63) is 29.8 Å². The summed E-state index contributed by atoms with van der Waals surface area (Å²) in [5, 5.41) is 14.7. The smallest absolute Gasteiger partial charge is 0.303 e. The predicted octanol–water partition coefficient (Wildman–Crippen LogP) is 1.42.